The number of methoxy groups -OCH3 is 2. The topological polar surface area (TPSA) is 43.4 Å². The quantitative estimate of drug-likeness (QED) is 0.732. The molecule has 1 heterocycles. The van der Waals surface area contributed by atoms with Crippen molar-refractivity contribution in [2.24, 2.45) is 0 Å². The van der Waals surface area contributed by atoms with Crippen LogP contribution in [0.15, 0.2) is 54.6 Å². The van der Waals surface area contributed by atoms with E-state index in [-0.39, 0.29) is 6.04 Å². The van der Waals surface area contributed by atoms with Crippen LogP contribution in [-0.4, -0.2) is 31.9 Å². The predicted octanol–water partition coefficient (Wildman–Crippen LogP) is 4.36. The molecular weight excluding hydrogens is 300 g/mol. The van der Waals surface area contributed by atoms with Crippen LogP contribution < -0.4 is 10.1 Å². The molecule has 24 heavy (non-hydrogen) atoms. The molecule has 3 aromatic rings. The normalized spacial score (nSPS) is 12.1. The van der Waals surface area contributed by atoms with Gasteiger partial charge in [0.1, 0.15) is 11.6 Å². The van der Waals surface area contributed by atoms with Crippen LogP contribution in [0.5, 0.6) is 5.75 Å². The molecule has 1 aromatic heterocycles. The molecule has 3 rings (SSSR count). The standard InChI is InChI=1S/C20H22N2O2/c1-14(13-23-2)21-20-12-18(15-7-5-4-6-8-15)17-10-9-16(24-3)11-19(17)22-20/h4-12,14H,13H2,1-3H3,(H,21,22)/t14-/m0/s1. The Hall–Kier alpha value is -2.59. The maximum atomic E-state index is 5.35. The molecule has 0 saturated carbocycles. The predicted molar refractivity (Wildman–Crippen MR) is 98.7 cm³/mol. The Kier molecular flexibility index (Phi) is 4.96. The third kappa shape index (κ3) is 3.49. The van der Waals surface area contributed by atoms with E-state index < -0.39 is 0 Å². The van der Waals surface area contributed by atoms with Crippen LogP contribution in [0.1, 0.15) is 6.92 Å². The average molecular weight is 322 g/mol. The second-order valence-electron chi connectivity index (χ2n) is 5.80. The van der Waals surface area contributed by atoms with E-state index in [1.54, 1.807) is 14.2 Å². The van der Waals surface area contributed by atoms with Gasteiger partial charge < -0.3 is 14.8 Å². The monoisotopic (exact) mass is 322 g/mol. The van der Waals surface area contributed by atoms with Crippen molar-refractivity contribution in [1.82, 2.24) is 4.98 Å². The zero-order valence-corrected chi connectivity index (χ0v) is 14.2. The molecular formula is C20H22N2O2. The van der Waals surface area contributed by atoms with E-state index in [1.165, 1.54) is 0 Å². The van der Waals surface area contributed by atoms with Crippen LogP contribution >= 0.6 is 0 Å². The highest BCUT2D eigenvalue weighted by Gasteiger charge is 2.10. The number of fused-ring (bicyclic) bond motifs is 1. The fraction of sp³-hybridized carbons (Fsp3) is 0.250. The molecule has 4 nitrogen and oxygen atoms in total. The second-order valence-corrected chi connectivity index (χ2v) is 5.80. The number of aromatic nitrogens is 1. The molecule has 0 aliphatic heterocycles. The first-order chi connectivity index (χ1) is 11.7. The van der Waals surface area contributed by atoms with Crippen molar-refractivity contribution >= 4 is 16.7 Å². The van der Waals surface area contributed by atoms with Crippen LogP contribution in [0, 0.1) is 0 Å². The lowest BCUT2D eigenvalue weighted by atomic mass is 10.0. The number of hydrogen-bond acceptors (Lipinski definition) is 4. The number of benzene rings is 2. The molecule has 0 spiro atoms. The lowest BCUT2D eigenvalue weighted by Gasteiger charge is -2.16. The van der Waals surface area contributed by atoms with E-state index in [0.29, 0.717) is 6.61 Å². The summed E-state index contributed by atoms with van der Waals surface area (Å²) in [6, 6.07) is 18.6. The second kappa shape index (κ2) is 7.32. The van der Waals surface area contributed by atoms with Crippen LogP contribution in [-0.2, 0) is 4.74 Å². The number of nitrogens with one attached hydrogen (secondary N) is 1. The van der Waals surface area contributed by atoms with E-state index in [1.807, 2.05) is 30.3 Å². The highest BCUT2D eigenvalue weighted by Crippen LogP contribution is 2.32. The van der Waals surface area contributed by atoms with Gasteiger partial charge >= 0.3 is 0 Å². The van der Waals surface area contributed by atoms with E-state index in [2.05, 4.69) is 36.5 Å². The summed E-state index contributed by atoms with van der Waals surface area (Å²) in [6.07, 6.45) is 0. The zero-order valence-electron chi connectivity index (χ0n) is 14.2. The molecule has 0 aliphatic carbocycles. The third-order valence-electron chi connectivity index (χ3n) is 3.91. The third-order valence-corrected chi connectivity index (χ3v) is 3.91. The minimum atomic E-state index is 0.175. The zero-order chi connectivity index (χ0) is 16.9. The first kappa shape index (κ1) is 16.3. The molecule has 0 radical (unpaired) electrons. The SMILES string of the molecule is COC[C@H](C)Nc1cc(-c2ccccc2)c2ccc(OC)cc2n1. The van der Waals surface area contributed by atoms with Crippen molar-refractivity contribution in [1.29, 1.82) is 0 Å². The summed E-state index contributed by atoms with van der Waals surface area (Å²) in [6.45, 7) is 2.70. The van der Waals surface area contributed by atoms with Crippen molar-refractivity contribution in [2.75, 3.05) is 26.1 Å². The van der Waals surface area contributed by atoms with Crippen LogP contribution in [0.4, 0.5) is 5.82 Å². The largest absolute Gasteiger partial charge is 0.497 e. The number of nitrogens with zero attached hydrogens (tertiary/aromatic N) is 1. The highest BCUT2D eigenvalue weighted by molar-refractivity contribution is 5.96. The Bertz CT molecular complexity index is 818. The van der Waals surface area contributed by atoms with Gasteiger partial charge in [-0.05, 0) is 36.2 Å². The number of hydrogen-bond donors (Lipinski definition) is 1. The van der Waals surface area contributed by atoms with Gasteiger partial charge in [-0.1, -0.05) is 30.3 Å². The molecule has 0 saturated heterocycles. The van der Waals surface area contributed by atoms with E-state index in [4.69, 9.17) is 14.5 Å². The van der Waals surface area contributed by atoms with Gasteiger partial charge in [-0.2, -0.15) is 0 Å². The molecule has 4 heteroatoms. The molecule has 1 N–H and O–H groups in total. The summed E-state index contributed by atoms with van der Waals surface area (Å²) in [5.74, 6) is 1.63. The fourth-order valence-electron chi connectivity index (χ4n) is 2.81. The number of rotatable bonds is 6. The Balaban J connectivity index is 2.13. The highest BCUT2D eigenvalue weighted by atomic mass is 16.5. The van der Waals surface area contributed by atoms with E-state index in [9.17, 15) is 0 Å². The molecule has 0 aliphatic rings. The first-order valence-electron chi connectivity index (χ1n) is 8.01. The Morgan fingerprint density at radius 2 is 1.83 bits per heavy atom. The van der Waals surface area contributed by atoms with Crippen molar-refractivity contribution in [3.8, 4) is 16.9 Å². The van der Waals surface area contributed by atoms with Crippen molar-refractivity contribution in [3.63, 3.8) is 0 Å². The van der Waals surface area contributed by atoms with Gasteiger partial charge in [0.2, 0.25) is 0 Å². The first-order valence-corrected chi connectivity index (χ1v) is 8.01. The van der Waals surface area contributed by atoms with Crippen LogP contribution in [0.25, 0.3) is 22.0 Å². The molecule has 0 fully saturated rings. The summed E-state index contributed by atoms with van der Waals surface area (Å²) in [5, 5.41) is 4.51. The molecule has 0 unspecified atom stereocenters. The lowest BCUT2D eigenvalue weighted by Crippen LogP contribution is -2.21. The minimum absolute atomic E-state index is 0.175. The molecule has 0 bridgehead atoms. The van der Waals surface area contributed by atoms with Crippen molar-refractivity contribution in [2.45, 2.75) is 13.0 Å². The number of pyridine rings is 1. The lowest BCUT2D eigenvalue weighted by molar-refractivity contribution is 0.190. The van der Waals surface area contributed by atoms with Crippen molar-refractivity contribution < 1.29 is 9.47 Å². The van der Waals surface area contributed by atoms with Gasteiger partial charge in [-0.25, -0.2) is 4.98 Å². The van der Waals surface area contributed by atoms with Gasteiger partial charge in [-0.15, -0.1) is 0 Å². The van der Waals surface area contributed by atoms with Gasteiger partial charge in [0.15, 0.2) is 0 Å². The molecule has 0 amide bonds. The number of anilines is 1. The van der Waals surface area contributed by atoms with E-state index >= 15 is 0 Å². The van der Waals surface area contributed by atoms with Crippen LogP contribution in [0.2, 0.25) is 0 Å². The van der Waals surface area contributed by atoms with E-state index in [0.717, 1.165) is 33.6 Å². The van der Waals surface area contributed by atoms with Gasteiger partial charge in [0.05, 0.1) is 19.2 Å². The summed E-state index contributed by atoms with van der Waals surface area (Å²) in [4.78, 5) is 4.75. The maximum Gasteiger partial charge on any atom is 0.127 e. The van der Waals surface area contributed by atoms with Crippen molar-refractivity contribution in [3.05, 3.63) is 54.6 Å². The fourth-order valence-corrected chi connectivity index (χ4v) is 2.81. The van der Waals surface area contributed by atoms with Gasteiger partial charge in [-0.3, -0.25) is 0 Å². The smallest absolute Gasteiger partial charge is 0.127 e. The Labute approximate surface area is 142 Å². The summed E-state index contributed by atoms with van der Waals surface area (Å²) >= 11 is 0. The number of ether oxygens (including phenoxy) is 2. The maximum absolute atomic E-state index is 5.35. The Morgan fingerprint density at radius 3 is 2.54 bits per heavy atom. The summed E-state index contributed by atoms with van der Waals surface area (Å²) in [5.41, 5.74) is 3.22. The van der Waals surface area contributed by atoms with Crippen LogP contribution in [0.3, 0.4) is 0 Å². The molecule has 124 valence electrons. The molecule has 1 atom stereocenters. The summed E-state index contributed by atoms with van der Waals surface area (Å²) < 4.78 is 10.6. The Morgan fingerprint density at radius 1 is 1.04 bits per heavy atom. The average Bonchev–Trinajstić information content (AvgIpc) is 2.61. The van der Waals surface area contributed by atoms with Gasteiger partial charge in [0, 0.05) is 24.6 Å². The minimum Gasteiger partial charge on any atom is -0.497 e. The van der Waals surface area contributed by atoms with Gasteiger partial charge in [0.25, 0.3) is 0 Å². The molecule has 2 aromatic carbocycles. The summed E-state index contributed by atoms with van der Waals surface area (Å²) in [7, 11) is 3.37.